The van der Waals surface area contributed by atoms with Gasteiger partial charge in [-0.3, -0.25) is 0 Å². The van der Waals surface area contributed by atoms with Gasteiger partial charge >= 0.3 is 0 Å². The van der Waals surface area contributed by atoms with Crippen molar-refractivity contribution in [2.75, 3.05) is 6.54 Å². The van der Waals surface area contributed by atoms with Crippen molar-refractivity contribution >= 4 is 23.2 Å². The predicted octanol–water partition coefficient (Wildman–Crippen LogP) is 4.91. The van der Waals surface area contributed by atoms with E-state index in [4.69, 9.17) is 23.2 Å². The number of nitrogens with one attached hydrogen (secondary N) is 1. The first kappa shape index (κ1) is 14.3. The largest absolute Gasteiger partial charge is 0.313 e. The Morgan fingerprint density at radius 1 is 1.05 bits per heavy atom. The summed E-state index contributed by atoms with van der Waals surface area (Å²) >= 11 is 12.1. The minimum absolute atomic E-state index is 0.352. The summed E-state index contributed by atoms with van der Waals surface area (Å²) in [4.78, 5) is 0. The van der Waals surface area contributed by atoms with Gasteiger partial charge in [0.2, 0.25) is 0 Å². The molecule has 0 fully saturated rings. The van der Waals surface area contributed by atoms with Crippen LogP contribution >= 0.6 is 23.2 Å². The number of hydrogen-bond acceptors (Lipinski definition) is 1. The van der Waals surface area contributed by atoms with Gasteiger partial charge in [-0.05, 0) is 47.5 Å². The maximum Gasteiger partial charge on any atom is 0.125 e. The standard InChI is InChI=1S/C15H14Cl2FN/c1-2-19-9-11-4-3-10(7-15(11)17)12-5-13(16)8-14(18)6-12/h3-8,19H,2,9H2,1H3. The van der Waals surface area contributed by atoms with Gasteiger partial charge in [0, 0.05) is 16.6 Å². The monoisotopic (exact) mass is 297 g/mol. The van der Waals surface area contributed by atoms with E-state index in [2.05, 4.69) is 5.32 Å². The van der Waals surface area contributed by atoms with Gasteiger partial charge in [0.15, 0.2) is 0 Å². The highest BCUT2D eigenvalue weighted by atomic mass is 35.5. The second kappa shape index (κ2) is 6.38. The minimum Gasteiger partial charge on any atom is -0.313 e. The molecule has 0 heterocycles. The highest BCUT2D eigenvalue weighted by Crippen LogP contribution is 2.28. The molecule has 0 saturated heterocycles. The minimum atomic E-state index is -0.352. The third-order valence-electron chi connectivity index (χ3n) is 2.81. The highest BCUT2D eigenvalue weighted by molar-refractivity contribution is 6.32. The van der Waals surface area contributed by atoms with E-state index in [9.17, 15) is 4.39 Å². The molecule has 0 aliphatic rings. The predicted molar refractivity (Wildman–Crippen MR) is 79.2 cm³/mol. The molecular weight excluding hydrogens is 284 g/mol. The van der Waals surface area contributed by atoms with Gasteiger partial charge in [0.05, 0.1) is 0 Å². The van der Waals surface area contributed by atoms with E-state index in [1.165, 1.54) is 12.1 Å². The van der Waals surface area contributed by atoms with Crippen molar-refractivity contribution in [3.63, 3.8) is 0 Å². The Bertz CT molecular complexity index is 564. The summed E-state index contributed by atoms with van der Waals surface area (Å²) in [6, 6.07) is 10.1. The Hall–Kier alpha value is -1.09. The van der Waals surface area contributed by atoms with E-state index in [1.807, 2.05) is 25.1 Å². The zero-order valence-corrected chi connectivity index (χ0v) is 12.0. The van der Waals surface area contributed by atoms with Crippen LogP contribution < -0.4 is 5.32 Å². The van der Waals surface area contributed by atoms with Crippen molar-refractivity contribution in [1.29, 1.82) is 0 Å². The quantitative estimate of drug-likeness (QED) is 0.845. The van der Waals surface area contributed by atoms with Crippen LogP contribution in [0.5, 0.6) is 0 Å². The lowest BCUT2D eigenvalue weighted by molar-refractivity contribution is 0.628. The average molecular weight is 298 g/mol. The molecule has 19 heavy (non-hydrogen) atoms. The van der Waals surface area contributed by atoms with Crippen LogP contribution in [0.4, 0.5) is 4.39 Å². The summed E-state index contributed by atoms with van der Waals surface area (Å²) in [5, 5.41) is 4.26. The van der Waals surface area contributed by atoms with E-state index in [-0.39, 0.29) is 5.82 Å². The van der Waals surface area contributed by atoms with Crippen LogP contribution in [0, 0.1) is 5.82 Å². The molecule has 0 unspecified atom stereocenters. The van der Waals surface area contributed by atoms with Gasteiger partial charge in [-0.15, -0.1) is 0 Å². The van der Waals surface area contributed by atoms with Gasteiger partial charge in [0.25, 0.3) is 0 Å². The molecule has 1 nitrogen and oxygen atoms in total. The Labute approximate surface area is 122 Å². The van der Waals surface area contributed by atoms with Gasteiger partial charge in [-0.1, -0.05) is 42.3 Å². The summed E-state index contributed by atoms with van der Waals surface area (Å²) in [6.45, 7) is 3.65. The maximum absolute atomic E-state index is 13.3. The summed E-state index contributed by atoms with van der Waals surface area (Å²) < 4.78 is 13.3. The van der Waals surface area contributed by atoms with Crippen LogP contribution in [-0.4, -0.2) is 6.54 Å². The summed E-state index contributed by atoms with van der Waals surface area (Å²) in [5.74, 6) is -0.352. The molecule has 4 heteroatoms. The van der Waals surface area contributed by atoms with Gasteiger partial charge in [-0.25, -0.2) is 4.39 Å². The Kier molecular flexibility index (Phi) is 4.81. The van der Waals surface area contributed by atoms with Crippen LogP contribution in [0.3, 0.4) is 0 Å². The fourth-order valence-electron chi connectivity index (χ4n) is 1.85. The maximum atomic E-state index is 13.3. The molecule has 0 radical (unpaired) electrons. The van der Waals surface area contributed by atoms with Crippen molar-refractivity contribution in [1.82, 2.24) is 5.32 Å². The SMILES string of the molecule is CCNCc1ccc(-c2cc(F)cc(Cl)c2)cc1Cl. The molecule has 0 atom stereocenters. The molecule has 100 valence electrons. The molecule has 0 aromatic heterocycles. The lowest BCUT2D eigenvalue weighted by Gasteiger charge is -2.08. The van der Waals surface area contributed by atoms with Crippen molar-refractivity contribution in [2.45, 2.75) is 13.5 Å². The van der Waals surface area contributed by atoms with Gasteiger partial charge in [-0.2, -0.15) is 0 Å². The van der Waals surface area contributed by atoms with Crippen molar-refractivity contribution in [3.8, 4) is 11.1 Å². The molecule has 2 aromatic carbocycles. The zero-order chi connectivity index (χ0) is 13.8. The number of rotatable bonds is 4. The molecule has 2 rings (SSSR count). The Morgan fingerprint density at radius 3 is 2.47 bits per heavy atom. The fourth-order valence-corrected chi connectivity index (χ4v) is 2.32. The highest BCUT2D eigenvalue weighted by Gasteiger charge is 2.06. The first-order valence-electron chi connectivity index (χ1n) is 6.05. The Morgan fingerprint density at radius 2 is 1.84 bits per heavy atom. The smallest absolute Gasteiger partial charge is 0.125 e. The van der Waals surface area contributed by atoms with Crippen LogP contribution in [0.25, 0.3) is 11.1 Å². The molecule has 1 N–H and O–H groups in total. The Balaban J connectivity index is 2.33. The van der Waals surface area contributed by atoms with Crippen LogP contribution in [0.15, 0.2) is 36.4 Å². The second-order valence-electron chi connectivity index (χ2n) is 4.24. The third-order valence-corrected chi connectivity index (χ3v) is 3.38. The number of hydrogen-bond donors (Lipinski definition) is 1. The van der Waals surface area contributed by atoms with Crippen molar-refractivity contribution < 1.29 is 4.39 Å². The second-order valence-corrected chi connectivity index (χ2v) is 5.09. The van der Waals surface area contributed by atoms with E-state index in [0.29, 0.717) is 10.0 Å². The molecule has 0 aliphatic carbocycles. The molecule has 0 spiro atoms. The van der Waals surface area contributed by atoms with E-state index >= 15 is 0 Å². The number of halogens is 3. The molecule has 0 amide bonds. The lowest BCUT2D eigenvalue weighted by atomic mass is 10.0. The van der Waals surface area contributed by atoms with Crippen LogP contribution in [0.1, 0.15) is 12.5 Å². The van der Waals surface area contributed by atoms with Crippen LogP contribution in [0.2, 0.25) is 10.0 Å². The molecule has 0 bridgehead atoms. The first-order valence-corrected chi connectivity index (χ1v) is 6.81. The lowest BCUT2D eigenvalue weighted by Crippen LogP contribution is -2.11. The normalized spacial score (nSPS) is 10.7. The summed E-state index contributed by atoms with van der Waals surface area (Å²) in [6.07, 6.45) is 0. The fraction of sp³-hybridized carbons (Fsp3) is 0.200. The van der Waals surface area contributed by atoms with E-state index < -0.39 is 0 Å². The molecule has 0 aliphatic heterocycles. The first-order chi connectivity index (χ1) is 9.10. The molecule has 2 aromatic rings. The number of benzene rings is 2. The van der Waals surface area contributed by atoms with Gasteiger partial charge in [0.1, 0.15) is 5.82 Å². The summed E-state index contributed by atoms with van der Waals surface area (Å²) in [5.41, 5.74) is 2.60. The van der Waals surface area contributed by atoms with Crippen molar-refractivity contribution in [3.05, 3.63) is 57.8 Å². The summed E-state index contributed by atoms with van der Waals surface area (Å²) in [7, 11) is 0. The van der Waals surface area contributed by atoms with Gasteiger partial charge < -0.3 is 5.32 Å². The topological polar surface area (TPSA) is 12.0 Å². The van der Waals surface area contributed by atoms with Crippen LogP contribution in [-0.2, 0) is 6.54 Å². The zero-order valence-electron chi connectivity index (χ0n) is 10.5. The third kappa shape index (κ3) is 3.69. The average Bonchev–Trinajstić information content (AvgIpc) is 2.36. The van der Waals surface area contributed by atoms with Crippen molar-refractivity contribution in [2.24, 2.45) is 0 Å². The van der Waals surface area contributed by atoms with E-state index in [1.54, 1.807) is 6.07 Å². The van der Waals surface area contributed by atoms with E-state index in [0.717, 1.165) is 29.8 Å². The molecule has 0 saturated carbocycles. The molecular formula is C15H14Cl2FN.